The number of aliphatic hydroxyl groups is 1. The fraction of sp³-hybridized carbons (Fsp3) is 0.536. The van der Waals surface area contributed by atoms with Gasteiger partial charge in [0.15, 0.2) is 0 Å². The van der Waals surface area contributed by atoms with Gasteiger partial charge in [-0.25, -0.2) is 4.98 Å². The second-order valence-electron chi connectivity index (χ2n) is 10.8. The lowest BCUT2D eigenvalue weighted by atomic mass is 9.74. The molecule has 1 aliphatic rings. The zero-order valence-corrected chi connectivity index (χ0v) is 22.0. The smallest absolute Gasteiger partial charge is 0.262 e. The summed E-state index contributed by atoms with van der Waals surface area (Å²) in [5.41, 5.74) is 1.92. The van der Waals surface area contributed by atoms with E-state index in [-0.39, 0.29) is 35.4 Å². The lowest BCUT2D eigenvalue weighted by Gasteiger charge is -2.34. The molecule has 35 heavy (non-hydrogen) atoms. The number of carbonyl (C=O) groups is 1. The Morgan fingerprint density at radius 3 is 2.74 bits per heavy atom. The van der Waals surface area contributed by atoms with Crippen molar-refractivity contribution in [3.63, 3.8) is 0 Å². The molecule has 2 N–H and O–H groups in total. The SMILES string of the molecule is Cc1sc2ncn(CC(=O)NC[C@@]3(C)CC[C@@H](C)C[C@H](O)C[C@@H](c4ccccc4)C3)c(=O)c2c1C. The fourth-order valence-corrected chi connectivity index (χ4v) is 6.41. The highest BCUT2D eigenvalue weighted by Crippen LogP contribution is 2.41. The average molecular weight is 496 g/mol. The topological polar surface area (TPSA) is 84.2 Å². The van der Waals surface area contributed by atoms with Crippen molar-refractivity contribution in [2.75, 3.05) is 6.54 Å². The van der Waals surface area contributed by atoms with Crippen molar-refractivity contribution in [2.24, 2.45) is 11.3 Å². The van der Waals surface area contributed by atoms with Gasteiger partial charge in [0.25, 0.3) is 5.56 Å². The first-order valence-corrected chi connectivity index (χ1v) is 13.4. The average Bonchev–Trinajstić information content (AvgIpc) is 3.14. The molecule has 2 aromatic heterocycles. The summed E-state index contributed by atoms with van der Waals surface area (Å²) in [6, 6.07) is 10.4. The maximum absolute atomic E-state index is 13.0. The van der Waals surface area contributed by atoms with Crippen LogP contribution >= 0.6 is 11.3 Å². The summed E-state index contributed by atoms with van der Waals surface area (Å²) in [4.78, 5) is 32.1. The molecule has 0 unspecified atom stereocenters. The molecule has 6 nitrogen and oxygen atoms in total. The monoisotopic (exact) mass is 495 g/mol. The molecular weight excluding hydrogens is 458 g/mol. The van der Waals surface area contributed by atoms with Crippen molar-refractivity contribution < 1.29 is 9.90 Å². The van der Waals surface area contributed by atoms with Gasteiger partial charge in [-0.15, -0.1) is 11.3 Å². The molecule has 0 radical (unpaired) electrons. The molecule has 2 heterocycles. The number of benzene rings is 1. The summed E-state index contributed by atoms with van der Waals surface area (Å²) in [6.07, 6.45) is 5.60. The zero-order valence-electron chi connectivity index (χ0n) is 21.2. The number of thiophene rings is 1. The molecule has 4 rings (SSSR count). The molecule has 7 heteroatoms. The summed E-state index contributed by atoms with van der Waals surface area (Å²) in [5, 5.41) is 14.4. The van der Waals surface area contributed by atoms with Crippen LogP contribution in [-0.4, -0.2) is 33.2 Å². The summed E-state index contributed by atoms with van der Waals surface area (Å²) in [7, 11) is 0. The van der Waals surface area contributed by atoms with E-state index in [1.165, 1.54) is 27.8 Å². The van der Waals surface area contributed by atoms with Crippen molar-refractivity contribution in [3.05, 3.63) is 63.0 Å². The van der Waals surface area contributed by atoms with Gasteiger partial charge in [0.1, 0.15) is 11.4 Å². The quantitative estimate of drug-likeness (QED) is 0.525. The molecule has 3 aromatic rings. The lowest BCUT2D eigenvalue weighted by Crippen LogP contribution is -2.39. The third kappa shape index (κ3) is 6.01. The van der Waals surface area contributed by atoms with Gasteiger partial charge in [-0.1, -0.05) is 50.6 Å². The number of aromatic nitrogens is 2. The number of hydrogen-bond acceptors (Lipinski definition) is 5. The molecular formula is C28H37N3O3S. The van der Waals surface area contributed by atoms with E-state index in [4.69, 9.17) is 0 Å². The van der Waals surface area contributed by atoms with E-state index in [0.29, 0.717) is 17.8 Å². The molecule has 1 fully saturated rings. The highest BCUT2D eigenvalue weighted by Gasteiger charge is 2.33. The third-order valence-electron chi connectivity index (χ3n) is 7.66. The molecule has 4 atom stereocenters. The maximum Gasteiger partial charge on any atom is 0.262 e. The number of rotatable bonds is 5. The lowest BCUT2D eigenvalue weighted by molar-refractivity contribution is -0.122. The van der Waals surface area contributed by atoms with Crippen LogP contribution in [0.4, 0.5) is 0 Å². The Morgan fingerprint density at radius 2 is 2.00 bits per heavy atom. The van der Waals surface area contributed by atoms with Crippen molar-refractivity contribution in [3.8, 4) is 0 Å². The van der Waals surface area contributed by atoms with Gasteiger partial charge in [0, 0.05) is 11.4 Å². The highest BCUT2D eigenvalue weighted by atomic mass is 32.1. The Hall–Kier alpha value is -2.51. The van der Waals surface area contributed by atoms with E-state index in [1.54, 1.807) is 0 Å². The molecule has 0 spiro atoms. The van der Waals surface area contributed by atoms with E-state index in [1.807, 2.05) is 19.9 Å². The van der Waals surface area contributed by atoms with Crippen molar-refractivity contribution in [1.82, 2.24) is 14.9 Å². The molecule has 1 aromatic carbocycles. The van der Waals surface area contributed by atoms with Crippen LogP contribution in [0.15, 0.2) is 41.5 Å². The summed E-state index contributed by atoms with van der Waals surface area (Å²) in [5.74, 6) is 0.490. The first-order chi connectivity index (χ1) is 16.6. The fourth-order valence-electron chi connectivity index (χ4n) is 5.43. The van der Waals surface area contributed by atoms with Crippen LogP contribution in [0, 0.1) is 25.2 Å². The van der Waals surface area contributed by atoms with Gasteiger partial charge in [-0.05, 0) is 67.9 Å². The molecule has 0 saturated heterocycles. The number of hydrogen-bond donors (Lipinski definition) is 2. The van der Waals surface area contributed by atoms with Gasteiger partial charge in [0.05, 0.1) is 17.8 Å². The summed E-state index contributed by atoms with van der Waals surface area (Å²) in [6.45, 7) is 8.86. The largest absolute Gasteiger partial charge is 0.393 e. The number of amides is 1. The van der Waals surface area contributed by atoms with Crippen molar-refractivity contribution >= 4 is 27.5 Å². The predicted octanol–water partition coefficient (Wildman–Crippen LogP) is 4.94. The van der Waals surface area contributed by atoms with Gasteiger partial charge in [0.2, 0.25) is 5.91 Å². The van der Waals surface area contributed by atoms with Crippen molar-refractivity contribution in [2.45, 2.75) is 78.4 Å². The molecule has 1 saturated carbocycles. The summed E-state index contributed by atoms with van der Waals surface area (Å²) >= 11 is 1.51. The minimum atomic E-state index is -0.314. The van der Waals surface area contributed by atoms with Crippen LogP contribution in [0.3, 0.4) is 0 Å². The van der Waals surface area contributed by atoms with Crippen LogP contribution in [0.5, 0.6) is 0 Å². The van der Waals surface area contributed by atoms with Crippen molar-refractivity contribution in [1.29, 1.82) is 0 Å². The van der Waals surface area contributed by atoms with Crippen LogP contribution < -0.4 is 10.9 Å². The molecule has 0 aliphatic heterocycles. The normalized spacial score (nSPS) is 25.6. The minimum Gasteiger partial charge on any atom is -0.393 e. The van der Waals surface area contributed by atoms with Crippen LogP contribution in [-0.2, 0) is 11.3 Å². The highest BCUT2D eigenvalue weighted by molar-refractivity contribution is 7.18. The number of nitrogens with zero attached hydrogens (tertiary/aromatic N) is 2. The Kier molecular flexibility index (Phi) is 7.77. The number of aliphatic hydroxyl groups excluding tert-OH is 1. The Morgan fingerprint density at radius 1 is 1.26 bits per heavy atom. The zero-order chi connectivity index (χ0) is 25.2. The Labute approximate surface area is 211 Å². The molecule has 1 amide bonds. The minimum absolute atomic E-state index is 0.0383. The molecule has 188 valence electrons. The van der Waals surface area contributed by atoms with Gasteiger partial charge in [-0.3, -0.25) is 14.2 Å². The van der Waals surface area contributed by atoms with E-state index in [9.17, 15) is 14.7 Å². The van der Waals surface area contributed by atoms with Gasteiger partial charge in [-0.2, -0.15) is 0 Å². The second-order valence-corrected chi connectivity index (χ2v) is 12.0. The number of fused-ring (bicyclic) bond motifs is 1. The van der Waals surface area contributed by atoms with E-state index in [0.717, 1.165) is 47.4 Å². The standard InChI is InChI=1S/C28H37N3O3S/c1-18-10-11-28(4,14-22(13-23(32)12-18)21-8-6-5-7-9-21)16-29-24(33)15-31-17-30-26-25(27(31)34)19(2)20(3)35-26/h5-9,17-18,22-23,32H,10-16H2,1-4H3,(H,29,33)/t18-,22-,23+,28+/m1/s1. The Balaban J connectivity index is 1.48. The molecule has 0 bridgehead atoms. The van der Waals surface area contributed by atoms with E-state index >= 15 is 0 Å². The van der Waals surface area contributed by atoms with E-state index < -0.39 is 0 Å². The second kappa shape index (κ2) is 10.6. The first-order valence-electron chi connectivity index (χ1n) is 12.6. The first kappa shape index (κ1) is 25.6. The van der Waals surface area contributed by atoms with Gasteiger partial charge < -0.3 is 10.4 Å². The predicted molar refractivity (Wildman–Crippen MR) is 142 cm³/mol. The number of nitrogens with one attached hydrogen (secondary N) is 1. The van der Waals surface area contributed by atoms with Gasteiger partial charge >= 0.3 is 0 Å². The Bertz CT molecular complexity index is 1240. The number of aryl methyl sites for hydroxylation is 2. The molecule has 1 aliphatic carbocycles. The number of carbonyl (C=O) groups excluding carboxylic acids is 1. The van der Waals surface area contributed by atoms with E-state index in [2.05, 4.69) is 48.4 Å². The summed E-state index contributed by atoms with van der Waals surface area (Å²) < 4.78 is 1.41. The van der Waals surface area contributed by atoms with Crippen LogP contribution in [0.2, 0.25) is 0 Å². The van der Waals surface area contributed by atoms with Crippen LogP contribution in [0.1, 0.15) is 67.9 Å². The third-order valence-corrected chi connectivity index (χ3v) is 8.78. The maximum atomic E-state index is 13.0. The van der Waals surface area contributed by atoms with Crippen LogP contribution in [0.25, 0.3) is 10.2 Å².